The zero-order valence-corrected chi connectivity index (χ0v) is 11.3. The van der Waals surface area contributed by atoms with Gasteiger partial charge in [0.1, 0.15) is 0 Å². The first-order valence-electron chi connectivity index (χ1n) is 6.97. The van der Waals surface area contributed by atoms with E-state index in [1.807, 2.05) is 6.07 Å². The molecule has 0 amide bonds. The van der Waals surface area contributed by atoms with Gasteiger partial charge in [0.25, 0.3) is 0 Å². The van der Waals surface area contributed by atoms with Crippen LogP contribution in [0.15, 0.2) is 18.2 Å². The highest BCUT2D eigenvalue weighted by atomic mass is 16.5. The Morgan fingerprint density at radius 3 is 2.72 bits per heavy atom. The van der Waals surface area contributed by atoms with E-state index in [4.69, 9.17) is 10.5 Å². The molecule has 0 bridgehead atoms. The number of nitrogens with two attached hydrogens (primary N) is 1. The molecule has 2 N–H and O–H groups in total. The van der Waals surface area contributed by atoms with Gasteiger partial charge in [0, 0.05) is 25.3 Å². The predicted octanol–water partition coefficient (Wildman–Crippen LogP) is 2.44. The zero-order valence-electron chi connectivity index (χ0n) is 11.3. The second-order valence-electron chi connectivity index (χ2n) is 5.02. The van der Waals surface area contributed by atoms with Gasteiger partial charge in [-0.05, 0) is 36.1 Å². The first-order chi connectivity index (χ1) is 8.79. The number of morpholine rings is 1. The smallest absolute Gasteiger partial charge is 0.0594 e. The van der Waals surface area contributed by atoms with Crippen LogP contribution >= 0.6 is 0 Å². The molecule has 2 rings (SSSR count). The Bertz CT molecular complexity index is 373. The van der Waals surface area contributed by atoms with Crippen molar-refractivity contribution in [3.63, 3.8) is 0 Å². The average molecular weight is 248 g/mol. The van der Waals surface area contributed by atoms with Crippen molar-refractivity contribution in [2.45, 2.75) is 32.7 Å². The molecule has 0 spiro atoms. The van der Waals surface area contributed by atoms with Gasteiger partial charge in [0.15, 0.2) is 0 Å². The van der Waals surface area contributed by atoms with Gasteiger partial charge in [-0.2, -0.15) is 0 Å². The van der Waals surface area contributed by atoms with E-state index in [1.165, 1.54) is 24.0 Å². The van der Waals surface area contributed by atoms with Gasteiger partial charge in [0.05, 0.1) is 13.2 Å². The third-order valence-electron chi connectivity index (χ3n) is 3.53. The Hall–Kier alpha value is -1.06. The van der Waals surface area contributed by atoms with Crippen molar-refractivity contribution in [1.29, 1.82) is 0 Å². The molecule has 0 aliphatic carbocycles. The van der Waals surface area contributed by atoms with E-state index in [-0.39, 0.29) is 0 Å². The highest BCUT2D eigenvalue weighted by Gasteiger charge is 2.12. The average Bonchev–Trinajstić information content (AvgIpc) is 2.39. The van der Waals surface area contributed by atoms with Crippen LogP contribution in [0.4, 0.5) is 5.69 Å². The predicted molar refractivity (Wildman–Crippen MR) is 75.6 cm³/mol. The van der Waals surface area contributed by atoms with Crippen molar-refractivity contribution in [1.82, 2.24) is 4.90 Å². The zero-order chi connectivity index (χ0) is 12.8. The monoisotopic (exact) mass is 248 g/mol. The van der Waals surface area contributed by atoms with Gasteiger partial charge in [-0.15, -0.1) is 0 Å². The van der Waals surface area contributed by atoms with Crippen molar-refractivity contribution in [3.05, 3.63) is 29.3 Å². The highest BCUT2D eigenvalue weighted by Crippen LogP contribution is 2.18. The van der Waals surface area contributed by atoms with Crippen LogP contribution in [-0.2, 0) is 17.7 Å². The molecule has 3 nitrogen and oxygen atoms in total. The van der Waals surface area contributed by atoms with E-state index in [1.54, 1.807) is 0 Å². The molecule has 3 heteroatoms. The van der Waals surface area contributed by atoms with E-state index in [0.29, 0.717) is 0 Å². The Morgan fingerprint density at radius 1 is 1.22 bits per heavy atom. The van der Waals surface area contributed by atoms with Crippen molar-refractivity contribution >= 4 is 5.69 Å². The topological polar surface area (TPSA) is 38.5 Å². The minimum Gasteiger partial charge on any atom is -0.399 e. The van der Waals surface area contributed by atoms with Gasteiger partial charge >= 0.3 is 0 Å². The fourth-order valence-electron chi connectivity index (χ4n) is 2.40. The van der Waals surface area contributed by atoms with Crippen molar-refractivity contribution in [3.8, 4) is 0 Å². The van der Waals surface area contributed by atoms with Crippen LogP contribution in [0.2, 0.25) is 0 Å². The Kier molecular flexibility index (Phi) is 5.02. The largest absolute Gasteiger partial charge is 0.399 e. The van der Waals surface area contributed by atoms with E-state index >= 15 is 0 Å². The van der Waals surface area contributed by atoms with Gasteiger partial charge < -0.3 is 10.5 Å². The highest BCUT2D eigenvalue weighted by molar-refractivity contribution is 5.44. The third kappa shape index (κ3) is 3.72. The number of rotatable bonds is 5. The number of anilines is 1. The summed E-state index contributed by atoms with van der Waals surface area (Å²) in [6.45, 7) is 7.01. The second-order valence-corrected chi connectivity index (χ2v) is 5.02. The summed E-state index contributed by atoms with van der Waals surface area (Å²) in [6, 6.07) is 6.36. The lowest BCUT2D eigenvalue weighted by molar-refractivity contribution is 0.0341. The van der Waals surface area contributed by atoms with Crippen LogP contribution < -0.4 is 5.73 Å². The summed E-state index contributed by atoms with van der Waals surface area (Å²) in [5.74, 6) is 0. The number of ether oxygens (including phenoxy) is 1. The third-order valence-corrected chi connectivity index (χ3v) is 3.53. The van der Waals surface area contributed by atoms with Crippen LogP contribution in [0.5, 0.6) is 0 Å². The minimum absolute atomic E-state index is 0.854. The normalized spacial score (nSPS) is 16.9. The molecule has 1 aliphatic rings. The maximum atomic E-state index is 5.92. The Morgan fingerprint density at radius 2 is 2.00 bits per heavy atom. The standard InChI is InChI=1S/C15H24N2O/c1-2-3-4-13-5-6-15(16)11-14(13)12-17-7-9-18-10-8-17/h5-6,11H,2-4,7-10,12,16H2,1H3. The summed E-state index contributed by atoms with van der Waals surface area (Å²) in [5.41, 5.74) is 9.64. The number of nitrogens with zero attached hydrogens (tertiary/aromatic N) is 1. The lowest BCUT2D eigenvalue weighted by Crippen LogP contribution is -2.35. The Labute approximate surface area is 110 Å². The Balaban J connectivity index is 2.05. The first-order valence-corrected chi connectivity index (χ1v) is 6.97. The number of hydrogen-bond acceptors (Lipinski definition) is 3. The van der Waals surface area contributed by atoms with E-state index in [9.17, 15) is 0 Å². The minimum atomic E-state index is 0.854. The summed E-state index contributed by atoms with van der Waals surface area (Å²) in [4.78, 5) is 2.45. The molecule has 0 atom stereocenters. The number of hydrogen-bond donors (Lipinski definition) is 1. The molecule has 1 saturated heterocycles. The quantitative estimate of drug-likeness (QED) is 0.813. The molecular weight excluding hydrogens is 224 g/mol. The SMILES string of the molecule is CCCCc1ccc(N)cc1CN1CCOCC1. The molecular formula is C15H24N2O. The van der Waals surface area contributed by atoms with Gasteiger partial charge in [-0.3, -0.25) is 4.90 Å². The van der Waals surface area contributed by atoms with Gasteiger partial charge in [-0.1, -0.05) is 19.4 Å². The van der Waals surface area contributed by atoms with E-state index < -0.39 is 0 Å². The molecule has 0 unspecified atom stereocenters. The van der Waals surface area contributed by atoms with E-state index in [0.717, 1.165) is 45.0 Å². The molecule has 1 aliphatic heterocycles. The fraction of sp³-hybridized carbons (Fsp3) is 0.600. The number of nitrogen functional groups attached to an aromatic ring is 1. The molecule has 1 fully saturated rings. The number of benzene rings is 1. The number of unbranched alkanes of at least 4 members (excludes halogenated alkanes) is 1. The molecule has 18 heavy (non-hydrogen) atoms. The second kappa shape index (κ2) is 6.76. The summed E-state index contributed by atoms with van der Waals surface area (Å²) < 4.78 is 5.39. The molecule has 1 aromatic rings. The summed E-state index contributed by atoms with van der Waals surface area (Å²) in [5, 5.41) is 0. The van der Waals surface area contributed by atoms with Crippen molar-refractivity contribution in [2.75, 3.05) is 32.0 Å². The maximum Gasteiger partial charge on any atom is 0.0594 e. The molecule has 1 heterocycles. The van der Waals surface area contributed by atoms with Gasteiger partial charge in [-0.25, -0.2) is 0 Å². The molecule has 1 aromatic carbocycles. The van der Waals surface area contributed by atoms with Crippen LogP contribution in [-0.4, -0.2) is 31.2 Å². The maximum absolute atomic E-state index is 5.92. The summed E-state index contributed by atoms with van der Waals surface area (Å²) in [6.07, 6.45) is 3.65. The summed E-state index contributed by atoms with van der Waals surface area (Å²) >= 11 is 0. The molecule has 0 aromatic heterocycles. The van der Waals surface area contributed by atoms with Crippen LogP contribution in [0.25, 0.3) is 0 Å². The molecule has 100 valence electrons. The lowest BCUT2D eigenvalue weighted by atomic mass is 10.0. The number of aryl methyl sites for hydroxylation is 1. The fourth-order valence-corrected chi connectivity index (χ4v) is 2.40. The molecule has 0 saturated carbocycles. The lowest BCUT2D eigenvalue weighted by Gasteiger charge is -2.27. The van der Waals surface area contributed by atoms with Crippen molar-refractivity contribution in [2.24, 2.45) is 0 Å². The van der Waals surface area contributed by atoms with Crippen LogP contribution in [0.1, 0.15) is 30.9 Å². The summed E-state index contributed by atoms with van der Waals surface area (Å²) in [7, 11) is 0. The first kappa shape index (κ1) is 13.4. The van der Waals surface area contributed by atoms with Crippen LogP contribution in [0, 0.1) is 0 Å². The van der Waals surface area contributed by atoms with Crippen molar-refractivity contribution < 1.29 is 4.74 Å². The van der Waals surface area contributed by atoms with E-state index in [2.05, 4.69) is 24.0 Å². The molecule has 0 radical (unpaired) electrons. The van der Waals surface area contributed by atoms with Gasteiger partial charge in [0.2, 0.25) is 0 Å². The van der Waals surface area contributed by atoms with Crippen LogP contribution in [0.3, 0.4) is 0 Å².